The molecule has 2 saturated heterocycles. The van der Waals surface area contributed by atoms with Crippen LogP contribution in [0.25, 0.3) is 0 Å². The lowest BCUT2D eigenvalue weighted by Crippen LogP contribution is -2.47. The van der Waals surface area contributed by atoms with Crippen LogP contribution in [-0.4, -0.2) is 57.3 Å². The number of ether oxygens (including phenoxy) is 1. The van der Waals surface area contributed by atoms with Crippen molar-refractivity contribution >= 4 is 15.9 Å². The minimum atomic E-state index is -3.55. The van der Waals surface area contributed by atoms with Crippen LogP contribution in [0.1, 0.15) is 33.1 Å². The maximum Gasteiger partial charge on any atom is 0.237 e. The van der Waals surface area contributed by atoms with E-state index in [-0.39, 0.29) is 23.5 Å². The summed E-state index contributed by atoms with van der Waals surface area (Å²) in [5, 5.41) is 0. The topological polar surface area (TPSA) is 75.7 Å². The monoisotopic (exact) mass is 318 g/mol. The Morgan fingerprint density at radius 1 is 1.38 bits per heavy atom. The van der Waals surface area contributed by atoms with Gasteiger partial charge in [0.1, 0.15) is 0 Å². The van der Waals surface area contributed by atoms with Crippen molar-refractivity contribution in [1.82, 2.24) is 9.62 Å². The summed E-state index contributed by atoms with van der Waals surface area (Å²) in [6.07, 6.45) is 2.45. The normalized spacial score (nSPS) is 28.0. The predicted molar refractivity (Wildman–Crippen MR) is 80.3 cm³/mol. The van der Waals surface area contributed by atoms with Gasteiger partial charge in [-0.05, 0) is 39.7 Å². The Hall–Kier alpha value is -0.660. The highest BCUT2D eigenvalue weighted by molar-refractivity contribution is 7.90. The molecule has 1 N–H and O–H groups in total. The number of carbonyl (C=O) groups excluding carboxylic acids is 1. The third-order valence-corrected chi connectivity index (χ3v) is 5.71. The molecule has 6 nitrogen and oxygen atoms in total. The summed E-state index contributed by atoms with van der Waals surface area (Å²) in [6, 6.07) is 0.382. The van der Waals surface area contributed by atoms with Crippen LogP contribution in [0.5, 0.6) is 0 Å². The number of likely N-dealkylation sites (tertiary alicyclic amines) is 1. The molecular weight excluding hydrogens is 292 g/mol. The fourth-order valence-electron chi connectivity index (χ4n) is 2.99. The molecule has 122 valence electrons. The number of hydrogen-bond donors (Lipinski definition) is 1. The maximum absolute atomic E-state index is 12.2. The van der Waals surface area contributed by atoms with Gasteiger partial charge in [-0.2, -0.15) is 0 Å². The summed E-state index contributed by atoms with van der Waals surface area (Å²) in [4.78, 5) is 14.4. The Labute approximate surface area is 127 Å². The molecule has 2 atom stereocenters. The molecule has 21 heavy (non-hydrogen) atoms. The summed E-state index contributed by atoms with van der Waals surface area (Å²) in [5.41, 5.74) is 0. The zero-order chi connectivity index (χ0) is 15.5. The van der Waals surface area contributed by atoms with E-state index in [4.69, 9.17) is 4.74 Å². The van der Waals surface area contributed by atoms with Crippen molar-refractivity contribution in [1.29, 1.82) is 0 Å². The van der Waals surface area contributed by atoms with Gasteiger partial charge in [0.15, 0.2) is 0 Å². The summed E-state index contributed by atoms with van der Waals surface area (Å²) in [7, 11) is -3.55. The number of carbonyl (C=O) groups is 1. The first-order chi connectivity index (χ1) is 9.87. The molecule has 2 aliphatic rings. The highest BCUT2D eigenvalue weighted by atomic mass is 32.2. The van der Waals surface area contributed by atoms with Gasteiger partial charge < -0.3 is 9.64 Å². The van der Waals surface area contributed by atoms with Crippen molar-refractivity contribution < 1.29 is 17.9 Å². The zero-order valence-electron chi connectivity index (χ0n) is 12.9. The van der Waals surface area contributed by atoms with E-state index in [0.717, 1.165) is 25.8 Å². The zero-order valence-corrected chi connectivity index (χ0v) is 13.7. The molecule has 0 aliphatic carbocycles. The molecule has 0 spiro atoms. The van der Waals surface area contributed by atoms with Gasteiger partial charge >= 0.3 is 0 Å². The van der Waals surface area contributed by atoms with Gasteiger partial charge in [-0.15, -0.1) is 0 Å². The quantitative estimate of drug-likeness (QED) is 0.803. The molecule has 0 saturated carbocycles. The standard InChI is InChI=1S/C14H26N2O4S/c1-11(2)16-6-3-4-13(8-16)14(17)15-21(18,19)10-12-5-7-20-9-12/h11-13H,3-10H2,1-2H3,(H,15,17). The van der Waals surface area contributed by atoms with Crippen LogP contribution in [-0.2, 0) is 19.6 Å². The van der Waals surface area contributed by atoms with Gasteiger partial charge in [0.25, 0.3) is 0 Å². The van der Waals surface area contributed by atoms with Crippen molar-refractivity contribution in [2.24, 2.45) is 11.8 Å². The molecule has 2 heterocycles. The van der Waals surface area contributed by atoms with E-state index in [1.54, 1.807) is 0 Å². The van der Waals surface area contributed by atoms with Gasteiger partial charge in [0.2, 0.25) is 15.9 Å². The maximum atomic E-state index is 12.2. The van der Waals surface area contributed by atoms with E-state index in [1.807, 2.05) is 0 Å². The van der Waals surface area contributed by atoms with Crippen LogP contribution < -0.4 is 4.72 Å². The van der Waals surface area contributed by atoms with E-state index < -0.39 is 10.0 Å². The molecule has 0 radical (unpaired) electrons. The molecule has 0 aromatic heterocycles. The average molecular weight is 318 g/mol. The Balaban J connectivity index is 1.87. The van der Waals surface area contributed by atoms with Crippen LogP contribution in [0, 0.1) is 11.8 Å². The van der Waals surface area contributed by atoms with Crippen LogP contribution in [0.4, 0.5) is 0 Å². The Kier molecular flexibility index (Phi) is 5.62. The highest BCUT2D eigenvalue weighted by Crippen LogP contribution is 2.19. The summed E-state index contributed by atoms with van der Waals surface area (Å²) < 4.78 is 31.6. The number of nitrogens with zero attached hydrogens (tertiary/aromatic N) is 1. The molecule has 7 heteroatoms. The van der Waals surface area contributed by atoms with Crippen LogP contribution in [0.15, 0.2) is 0 Å². The van der Waals surface area contributed by atoms with Gasteiger partial charge in [-0.1, -0.05) is 0 Å². The molecule has 2 unspecified atom stereocenters. The lowest BCUT2D eigenvalue weighted by molar-refractivity contribution is -0.125. The summed E-state index contributed by atoms with van der Waals surface area (Å²) >= 11 is 0. The smallest absolute Gasteiger partial charge is 0.237 e. The average Bonchev–Trinajstić information content (AvgIpc) is 2.90. The molecule has 2 aliphatic heterocycles. The second-order valence-electron chi connectivity index (χ2n) is 6.41. The van der Waals surface area contributed by atoms with Gasteiger partial charge in [0.05, 0.1) is 18.3 Å². The SMILES string of the molecule is CC(C)N1CCCC(C(=O)NS(=O)(=O)CC2CCOC2)C1. The Morgan fingerprint density at radius 2 is 2.14 bits per heavy atom. The number of sulfonamides is 1. The summed E-state index contributed by atoms with van der Waals surface area (Å²) in [6.45, 7) is 6.90. The molecule has 0 bridgehead atoms. The Morgan fingerprint density at radius 3 is 2.76 bits per heavy atom. The van der Waals surface area contributed by atoms with Crippen molar-refractivity contribution in [3.8, 4) is 0 Å². The Bertz CT molecular complexity index is 458. The van der Waals surface area contributed by atoms with Crippen molar-refractivity contribution in [3.63, 3.8) is 0 Å². The number of rotatable bonds is 5. The fourth-order valence-corrected chi connectivity index (χ4v) is 4.43. The van der Waals surface area contributed by atoms with Crippen LogP contribution in [0.2, 0.25) is 0 Å². The minimum absolute atomic E-state index is 0.00817. The first-order valence-electron chi connectivity index (χ1n) is 7.73. The lowest BCUT2D eigenvalue weighted by atomic mass is 9.96. The number of nitrogens with one attached hydrogen (secondary N) is 1. The first-order valence-corrected chi connectivity index (χ1v) is 9.39. The van der Waals surface area contributed by atoms with Crippen LogP contribution in [0.3, 0.4) is 0 Å². The van der Waals surface area contributed by atoms with E-state index >= 15 is 0 Å². The van der Waals surface area contributed by atoms with Gasteiger partial charge in [-0.25, -0.2) is 8.42 Å². The number of hydrogen-bond acceptors (Lipinski definition) is 5. The van der Waals surface area contributed by atoms with Crippen molar-refractivity contribution in [2.75, 3.05) is 32.1 Å². The van der Waals surface area contributed by atoms with E-state index in [1.165, 1.54) is 0 Å². The molecule has 0 aromatic rings. The second kappa shape index (κ2) is 7.07. The van der Waals surface area contributed by atoms with E-state index in [2.05, 4.69) is 23.5 Å². The molecule has 1 amide bonds. The van der Waals surface area contributed by atoms with Crippen molar-refractivity contribution in [3.05, 3.63) is 0 Å². The van der Waals surface area contributed by atoms with Gasteiger partial charge in [-0.3, -0.25) is 9.52 Å². The third kappa shape index (κ3) is 4.93. The summed E-state index contributed by atoms with van der Waals surface area (Å²) in [5.74, 6) is -0.580. The number of amides is 1. The van der Waals surface area contributed by atoms with E-state index in [0.29, 0.717) is 25.8 Å². The fraction of sp³-hybridized carbons (Fsp3) is 0.929. The largest absolute Gasteiger partial charge is 0.381 e. The molecule has 2 rings (SSSR count). The highest BCUT2D eigenvalue weighted by Gasteiger charge is 2.30. The van der Waals surface area contributed by atoms with E-state index in [9.17, 15) is 13.2 Å². The molecule has 0 aromatic carbocycles. The second-order valence-corrected chi connectivity index (χ2v) is 8.17. The predicted octanol–water partition coefficient (Wildman–Crippen LogP) is 0.589. The minimum Gasteiger partial charge on any atom is -0.381 e. The lowest BCUT2D eigenvalue weighted by Gasteiger charge is -2.34. The molecule has 2 fully saturated rings. The van der Waals surface area contributed by atoms with Crippen LogP contribution >= 0.6 is 0 Å². The first kappa shape index (κ1) is 16.7. The third-order valence-electron chi connectivity index (χ3n) is 4.29. The molecular formula is C14H26N2O4S. The number of piperidine rings is 1. The van der Waals surface area contributed by atoms with Crippen molar-refractivity contribution in [2.45, 2.75) is 39.2 Å². The van der Waals surface area contributed by atoms with Gasteiger partial charge in [0, 0.05) is 25.1 Å².